The Hall–Kier alpha value is -1.24. The number of hydrogen-bond acceptors (Lipinski definition) is 4. The van der Waals surface area contributed by atoms with Crippen molar-refractivity contribution in [3.63, 3.8) is 0 Å². The van der Waals surface area contributed by atoms with Gasteiger partial charge in [-0.1, -0.05) is 25.6 Å². The van der Waals surface area contributed by atoms with Crippen molar-refractivity contribution in [1.29, 1.82) is 0 Å². The van der Waals surface area contributed by atoms with Crippen LogP contribution in [-0.4, -0.2) is 32.5 Å². The lowest BCUT2D eigenvalue weighted by atomic mass is 10.1. The average molecular weight is 258 g/mol. The molecule has 0 radical (unpaired) electrons. The Balaban J connectivity index is 2.44. The van der Waals surface area contributed by atoms with Gasteiger partial charge < -0.3 is 5.32 Å². The Bertz CT molecular complexity index is 438. The summed E-state index contributed by atoms with van der Waals surface area (Å²) in [5.74, 6) is 0.611. The fourth-order valence-electron chi connectivity index (χ4n) is 1.05. The number of carbonyl (C=O) groups excluding carboxylic acids is 1. The smallest absolute Gasteiger partial charge is 0.343 e. The summed E-state index contributed by atoms with van der Waals surface area (Å²) in [6, 6.07) is 0.145. The van der Waals surface area contributed by atoms with Crippen molar-refractivity contribution in [2.75, 3.05) is 5.75 Å². The van der Waals surface area contributed by atoms with E-state index in [0.717, 1.165) is 0 Å². The molecule has 1 heterocycles. The lowest BCUT2D eigenvalue weighted by Gasteiger charge is -2.16. The third-order valence-electron chi connectivity index (χ3n) is 2.56. The van der Waals surface area contributed by atoms with Gasteiger partial charge in [0.2, 0.25) is 5.91 Å². The van der Waals surface area contributed by atoms with E-state index in [1.165, 1.54) is 16.3 Å². The number of carbonyl (C=O) groups is 1. The molecular weight excluding hydrogens is 240 g/mol. The molecule has 7 heteroatoms. The number of aromatic amines is 1. The van der Waals surface area contributed by atoms with Crippen molar-refractivity contribution >= 4 is 17.7 Å². The van der Waals surface area contributed by atoms with Crippen LogP contribution in [0.15, 0.2) is 9.95 Å². The number of H-pyrrole nitrogens is 1. The molecule has 0 aromatic carbocycles. The van der Waals surface area contributed by atoms with Gasteiger partial charge in [0.05, 0.1) is 5.75 Å². The van der Waals surface area contributed by atoms with Gasteiger partial charge in [-0.25, -0.2) is 9.89 Å². The van der Waals surface area contributed by atoms with Crippen molar-refractivity contribution in [2.24, 2.45) is 13.0 Å². The molecule has 0 aliphatic carbocycles. The Morgan fingerprint density at radius 2 is 2.18 bits per heavy atom. The number of nitrogens with zero attached hydrogens (tertiary/aromatic N) is 2. The van der Waals surface area contributed by atoms with Gasteiger partial charge in [-0.3, -0.25) is 9.36 Å². The quantitative estimate of drug-likeness (QED) is 0.747. The molecule has 0 saturated carbocycles. The zero-order valence-electron chi connectivity index (χ0n) is 10.5. The van der Waals surface area contributed by atoms with Crippen LogP contribution in [-0.2, 0) is 11.8 Å². The standard InChI is InChI=1S/C10H18N4O2S/c1-6(2)7(3)11-8(15)5-17-10-13-12-9(16)14(10)4/h6-7H,5H2,1-4H3,(H,11,15)(H,12,16). The van der Waals surface area contributed by atoms with Crippen LogP contribution in [0.5, 0.6) is 0 Å². The van der Waals surface area contributed by atoms with Gasteiger partial charge in [-0.15, -0.1) is 5.10 Å². The highest BCUT2D eigenvalue weighted by Gasteiger charge is 2.12. The van der Waals surface area contributed by atoms with Crippen LogP contribution in [0.3, 0.4) is 0 Å². The molecule has 1 rings (SSSR count). The first-order valence-corrected chi connectivity index (χ1v) is 6.44. The highest BCUT2D eigenvalue weighted by Crippen LogP contribution is 2.11. The van der Waals surface area contributed by atoms with Gasteiger partial charge in [0, 0.05) is 13.1 Å². The number of rotatable bonds is 5. The SMILES string of the molecule is CC(C)C(C)NC(=O)CSc1n[nH]c(=O)n1C. The summed E-state index contributed by atoms with van der Waals surface area (Å²) >= 11 is 1.24. The lowest BCUT2D eigenvalue weighted by molar-refractivity contribution is -0.119. The second kappa shape index (κ2) is 5.90. The van der Waals surface area contributed by atoms with Crippen molar-refractivity contribution in [2.45, 2.75) is 32.0 Å². The van der Waals surface area contributed by atoms with Crippen LogP contribution in [0, 0.1) is 5.92 Å². The zero-order chi connectivity index (χ0) is 13.0. The first-order chi connectivity index (χ1) is 7.91. The number of amides is 1. The van der Waals surface area contributed by atoms with E-state index < -0.39 is 0 Å². The van der Waals surface area contributed by atoms with Crippen molar-refractivity contribution < 1.29 is 4.79 Å². The Morgan fingerprint density at radius 1 is 1.53 bits per heavy atom. The molecule has 1 amide bonds. The topological polar surface area (TPSA) is 79.8 Å². The van der Waals surface area contributed by atoms with Crippen molar-refractivity contribution in [3.8, 4) is 0 Å². The van der Waals surface area contributed by atoms with E-state index in [4.69, 9.17) is 0 Å². The Morgan fingerprint density at radius 3 is 2.65 bits per heavy atom. The molecule has 0 bridgehead atoms. The summed E-state index contributed by atoms with van der Waals surface area (Å²) in [6.45, 7) is 6.07. The summed E-state index contributed by atoms with van der Waals surface area (Å²) in [4.78, 5) is 22.7. The van der Waals surface area contributed by atoms with E-state index >= 15 is 0 Å². The van der Waals surface area contributed by atoms with E-state index in [1.54, 1.807) is 7.05 Å². The summed E-state index contributed by atoms with van der Waals surface area (Å²) in [6.07, 6.45) is 0. The highest BCUT2D eigenvalue weighted by molar-refractivity contribution is 7.99. The Labute approximate surface area is 104 Å². The van der Waals surface area contributed by atoms with Crippen LogP contribution in [0.4, 0.5) is 0 Å². The maximum atomic E-state index is 11.6. The van der Waals surface area contributed by atoms with Crippen LogP contribution in [0.25, 0.3) is 0 Å². The van der Waals surface area contributed by atoms with E-state index in [9.17, 15) is 9.59 Å². The predicted molar refractivity (Wildman–Crippen MR) is 67.0 cm³/mol. The van der Waals surface area contributed by atoms with Crippen LogP contribution < -0.4 is 11.0 Å². The number of nitrogens with one attached hydrogen (secondary N) is 2. The highest BCUT2D eigenvalue weighted by atomic mass is 32.2. The normalized spacial score (nSPS) is 12.8. The van der Waals surface area contributed by atoms with Gasteiger partial charge in [-0.2, -0.15) is 0 Å². The minimum atomic E-state index is -0.275. The summed E-state index contributed by atoms with van der Waals surface area (Å²) in [5, 5.41) is 9.54. The molecule has 1 aromatic heterocycles. The largest absolute Gasteiger partial charge is 0.353 e. The maximum Gasteiger partial charge on any atom is 0.343 e. The summed E-state index contributed by atoms with van der Waals surface area (Å²) < 4.78 is 1.38. The predicted octanol–water partition coefficient (Wildman–Crippen LogP) is 0.361. The molecule has 6 nitrogen and oxygen atoms in total. The van der Waals surface area contributed by atoms with Gasteiger partial charge in [0.25, 0.3) is 0 Å². The van der Waals surface area contributed by atoms with Gasteiger partial charge in [-0.05, 0) is 12.8 Å². The number of aromatic nitrogens is 3. The van der Waals surface area contributed by atoms with E-state index in [0.29, 0.717) is 11.1 Å². The molecule has 1 atom stereocenters. The van der Waals surface area contributed by atoms with Crippen molar-refractivity contribution in [3.05, 3.63) is 10.5 Å². The van der Waals surface area contributed by atoms with Crippen LogP contribution in [0.1, 0.15) is 20.8 Å². The molecule has 1 aromatic rings. The lowest BCUT2D eigenvalue weighted by Crippen LogP contribution is -2.37. The molecule has 0 spiro atoms. The summed E-state index contributed by atoms with van der Waals surface area (Å²) in [7, 11) is 1.61. The third-order valence-corrected chi connectivity index (χ3v) is 3.59. The molecule has 96 valence electrons. The second-order valence-corrected chi connectivity index (χ2v) is 5.20. The number of thioether (sulfide) groups is 1. The number of hydrogen-bond donors (Lipinski definition) is 2. The first-order valence-electron chi connectivity index (χ1n) is 5.45. The van der Waals surface area contributed by atoms with E-state index in [1.807, 2.05) is 6.92 Å². The van der Waals surface area contributed by atoms with Gasteiger partial charge in [0.1, 0.15) is 0 Å². The minimum Gasteiger partial charge on any atom is -0.353 e. The molecule has 0 aliphatic heterocycles. The fraction of sp³-hybridized carbons (Fsp3) is 0.700. The molecule has 0 fully saturated rings. The molecular formula is C10H18N4O2S. The molecule has 0 aliphatic rings. The minimum absolute atomic E-state index is 0.0494. The molecule has 0 saturated heterocycles. The van der Waals surface area contributed by atoms with Crippen molar-refractivity contribution in [1.82, 2.24) is 20.1 Å². The van der Waals surface area contributed by atoms with E-state index in [2.05, 4.69) is 29.4 Å². The maximum absolute atomic E-state index is 11.6. The fourth-order valence-corrected chi connectivity index (χ4v) is 1.78. The van der Waals surface area contributed by atoms with Crippen LogP contribution >= 0.6 is 11.8 Å². The third kappa shape index (κ3) is 3.92. The monoisotopic (exact) mass is 258 g/mol. The Kier molecular flexibility index (Phi) is 4.80. The second-order valence-electron chi connectivity index (χ2n) is 4.26. The molecule has 1 unspecified atom stereocenters. The van der Waals surface area contributed by atoms with Gasteiger partial charge in [0.15, 0.2) is 5.16 Å². The average Bonchev–Trinajstić information content (AvgIpc) is 2.57. The van der Waals surface area contributed by atoms with Gasteiger partial charge >= 0.3 is 5.69 Å². The molecule has 2 N–H and O–H groups in total. The first kappa shape index (κ1) is 13.8. The summed E-state index contributed by atoms with van der Waals surface area (Å²) in [5.41, 5.74) is -0.275. The molecule has 17 heavy (non-hydrogen) atoms. The zero-order valence-corrected chi connectivity index (χ0v) is 11.3. The van der Waals surface area contributed by atoms with Crippen LogP contribution in [0.2, 0.25) is 0 Å². The van der Waals surface area contributed by atoms with E-state index in [-0.39, 0.29) is 23.4 Å².